The first-order valence-corrected chi connectivity index (χ1v) is 13.7. The number of rotatable bonds is 7. The summed E-state index contributed by atoms with van der Waals surface area (Å²) >= 11 is 0. The molecule has 1 saturated heterocycles. The number of carbonyl (C=O) groups excluding carboxylic acids is 1. The number of nitrogens with one attached hydrogen (secondary N) is 3. The van der Waals surface area contributed by atoms with Gasteiger partial charge in [0.1, 0.15) is 0 Å². The predicted octanol–water partition coefficient (Wildman–Crippen LogP) is 6.82. The van der Waals surface area contributed by atoms with Crippen molar-refractivity contribution in [2.24, 2.45) is 0 Å². The molecular formula is C33H32N6O2. The molecule has 1 aliphatic heterocycles. The van der Waals surface area contributed by atoms with Crippen molar-refractivity contribution in [3.8, 4) is 0 Å². The van der Waals surface area contributed by atoms with Gasteiger partial charge in [0.25, 0.3) is 5.91 Å². The normalized spacial score (nSPS) is 13.2. The van der Waals surface area contributed by atoms with E-state index in [0.717, 1.165) is 82.7 Å². The quantitative estimate of drug-likeness (QED) is 0.207. The Morgan fingerprint density at radius 2 is 1.46 bits per heavy atom. The molecule has 0 radical (unpaired) electrons. The number of hydrogen-bond donors (Lipinski definition) is 3. The van der Waals surface area contributed by atoms with Gasteiger partial charge in [-0.15, -0.1) is 0 Å². The minimum Gasteiger partial charge on any atom is -0.378 e. The van der Waals surface area contributed by atoms with E-state index in [2.05, 4.69) is 50.1 Å². The Balaban J connectivity index is 1.13. The molecule has 6 rings (SSSR count). The maximum absolute atomic E-state index is 12.9. The third-order valence-electron chi connectivity index (χ3n) is 7.05. The monoisotopic (exact) mass is 544 g/mol. The van der Waals surface area contributed by atoms with Gasteiger partial charge < -0.3 is 25.6 Å². The standard InChI is InChI=1S/C33H32N6O2/c1-22-19-28(13-14-34-22)36-25-7-9-27(10-8-25)38-33(40)24-3-5-26(6-4-24)37-32-20-23(2)35-31-12-11-29(21-30(31)32)39-15-17-41-18-16-39/h3-14,19-21H,15-18H2,1-2H3,(H,34,36)(H,35,37)(H,38,40). The molecule has 0 unspecified atom stereocenters. The minimum absolute atomic E-state index is 0.164. The van der Waals surface area contributed by atoms with E-state index in [-0.39, 0.29) is 5.91 Å². The van der Waals surface area contributed by atoms with Crippen LogP contribution in [-0.4, -0.2) is 42.2 Å². The number of amides is 1. The maximum atomic E-state index is 12.9. The fraction of sp³-hybridized carbons (Fsp3) is 0.182. The summed E-state index contributed by atoms with van der Waals surface area (Å²) < 4.78 is 5.52. The van der Waals surface area contributed by atoms with Crippen molar-refractivity contribution in [3.05, 3.63) is 108 Å². The molecule has 0 spiro atoms. The Labute approximate surface area is 239 Å². The SMILES string of the molecule is Cc1cc(Nc2ccc(NC(=O)c3ccc(Nc4cc(C)nc5ccc(N6CCOCC6)cc45)cc3)cc2)ccn1. The van der Waals surface area contributed by atoms with E-state index in [1.807, 2.05) is 74.5 Å². The molecule has 0 aliphatic carbocycles. The number of aryl methyl sites for hydroxylation is 2. The summed E-state index contributed by atoms with van der Waals surface area (Å²) in [6.45, 7) is 7.19. The van der Waals surface area contributed by atoms with Gasteiger partial charge in [-0.3, -0.25) is 14.8 Å². The third kappa shape index (κ3) is 6.28. The minimum atomic E-state index is -0.164. The van der Waals surface area contributed by atoms with E-state index in [1.54, 1.807) is 6.20 Å². The number of nitrogens with zero attached hydrogens (tertiary/aromatic N) is 3. The first-order chi connectivity index (χ1) is 20.0. The van der Waals surface area contributed by atoms with Crippen LogP contribution in [0.25, 0.3) is 10.9 Å². The molecule has 0 bridgehead atoms. The van der Waals surface area contributed by atoms with Crippen LogP contribution < -0.4 is 20.9 Å². The highest BCUT2D eigenvalue weighted by Crippen LogP contribution is 2.31. The van der Waals surface area contributed by atoms with Crippen LogP contribution in [0.2, 0.25) is 0 Å². The van der Waals surface area contributed by atoms with Crippen LogP contribution >= 0.6 is 0 Å². The molecule has 1 amide bonds. The highest BCUT2D eigenvalue weighted by molar-refractivity contribution is 6.04. The molecule has 206 valence electrons. The van der Waals surface area contributed by atoms with E-state index >= 15 is 0 Å². The second-order valence-electron chi connectivity index (χ2n) is 10.2. The zero-order valence-corrected chi connectivity index (χ0v) is 23.1. The number of fused-ring (bicyclic) bond motifs is 1. The molecule has 41 heavy (non-hydrogen) atoms. The van der Waals surface area contributed by atoms with Gasteiger partial charge in [0.05, 0.1) is 18.7 Å². The average molecular weight is 545 g/mol. The van der Waals surface area contributed by atoms with Gasteiger partial charge in [-0.2, -0.15) is 0 Å². The first-order valence-electron chi connectivity index (χ1n) is 13.7. The smallest absolute Gasteiger partial charge is 0.255 e. The first kappa shape index (κ1) is 26.3. The summed E-state index contributed by atoms with van der Waals surface area (Å²) in [4.78, 5) is 24.2. The Kier molecular flexibility index (Phi) is 7.47. The largest absolute Gasteiger partial charge is 0.378 e. The molecule has 3 aromatic carbocycles. The molecule has 3 heterocycles. The zero-order valence-electron chi connectivity index (χ0n) is 23.1. The highest BCUT2D eigenvalue weighted by Gasteiger charge is 2.14. The number of carbonyl (C=O) groups is 1. The lowest BCUT2D eigenvalue weighted by molar-refractivity contribution is 0.102. The molecule has 1 aliphatic rings. The molecule has 8 heteroatoms. The van der Waals surface area contributed by atoms with Gasteiger partial charge in [0.2, 0.25) is 0 Å². The van der Waals surface area contributed by atoms with Gasteiger partial charge in [-0.05, 0) is 98.8 Å². The Hall–Kier alpha value is -4.95. The lowest BCUT2D eigenvalue weighted by atomic mass is 10.1. The van der Waals surface area contributed by atoms with Crippen LogP contribution in [0.5, 0.6) is 0 Å². The van der Waals surface area contributed by atoms with Gasteiger partial charge in [-0.25, -0.2) is 0 Å². The molecular weight excluding hydrogens is 512 g/mol. The number of pyridine rings is 2. The van der Waals surface area contributed by atoms with E-state index < -0.39 is 0 Å². The number of benzene rings is 3. The van der Waals surface area contributed by atoms with Crippen LogP contribution in [0.1, 0.15) is 21.7 Å². The Morgan fingerprint density at radius 1 is 0.756 bits per heavy atom. The van der Waals surface area contributed by atoms with Crippen molar-refractivity contribution in [3.63, 3.8) is 0 Å². The van der Waals surface area contributed by atoms with Crippen LogP contribution in [0, 0.1) is 13.8 Å². The lowest BCUT2D eigenvalue weighted by Gasteiger charge is -2.29. The number of hydrogen-bond acceptors (Lipinski definition) is 7. The summed E-state index contributed by atoms with van der Waals surface area (Å²) in [5, 5.41) is 10.9. The molecule has 3 N–H and O–H groups in total. The second kappa shape index (κ2) is 11.7. The molecule has 1 fully saturated rings. The Morgan fingerprint density at radius 3 is 2.22 bits per heavy atom. The topological polar surface area (TPSA) is 91.4 Å². The van der Waals surface area contributed by atoms with Gasteiger partial charge in [0.15, 0.2) is 0 Å². The van der Waals surface area contributed by atoms with Gasteiger partial charge >= 0.3 is 0 Å². The van der Waals surface area contributed by atoms with Crippen molar-refractivity contribution < 1.29 is 9.53 Å². The number of anilines is 6. The van der Waals surface area contributed by atoms with Crippen molar-refractivity contribution in [1.82, 2.24) is 9.97 Å². The van der Waals surface area contributed by atoms with E-state index in [9.17, 15) is 4.79 Å². The van der Waals surface area contributed by atoms with Gasteiger partial charge in [0, 0.05) is 75.7 Å². The van der Waals surface area contributed by atoms with Crippen molar-refractivity contribution in [2.45, 2.75) is 13.8 Å². The molecule has 0 atom stereocenters. The van der Waals surface area contributed by atoms with Crippen LogP contribution in [0.4, 0.5) is 34.1 Å². The number of ether oxygens (including phenoxy) is 1. The van der Waals surface area contributed by atoms with Crippen molar-refractivity contribution >= 4 is 50.9 Å². The Bertz CT molecular complexity index is 1680. The summed E-state index contributed by atoms with van der Waals surface area (Å²) in [6, 6.07) is 27.5. The van der Waals surface area contributed by atoms with Crippen molar-refractivity contribution in [2.75, 3.05) is 47.2 Å². The summed E-state index contributed by atoms with van der Waals surface area (Å²) in [6.07, 6.45) is 1.77. The van der Waals surface area contributed by atoms with E-state index in [1.165, 1.54) is 0 Å². The van der Waals surface area contributed by atoms with Gasteiger partial charge in [-0.1, -0.05) is 0 Å². The number of aromatic nitrogens is 2. The summed E-state index contributed by atoms with van der Waals surface area (Å²) in [5.74, 6) is -0.164. The fourth-order valence-corrected chi connectivity index (χ4v) is 4.96. The molecule has 5 aromatic rings. The molecule has 8 nitrogen and oxygen atoms in total. The van der Waals surface area contributed by atoms with Crippen LogP contribution in [0.15, 0.2) is 91.1 Å². The highest BCUT2D eigenvalue weighted by atomic mass is 16.5. The summed E-state index contributed by atoms with van der Waals surface area (Å²) in [7, 11) is 0. The lowest BCUT2D eigenvalue weighted by Crippen LogP contribution is -2.36. The predicted molar refractivity (Wildman–Crippen MR) is 166 cm³/mol. The molecule has 0 saturated carbocycles. The van der Waals surface area contributed by atoms with E-state index in [0.29, 0.717) is 5.56 Å². The zero-order chi connectivity index (χ0) is 28.2. The third-order valence-corrected chi connectivity index (χ3v) is 7.05. The van der Waals surface area contributed by atoms with Crippen molar-refractivity contribution in [1.29, 1.82) is 0 Å². The van der Waals surface area contributed by atoms with Crippen LogP contribution in [0.3, 0.4) is 0 Å². The fourth-order valence-electron chi connectivity index (χ4n) is 4.96. The second-order valence-corrected chi connectivity index (χ2v) is 10.2. The maximum Gasteiger partial charge on any atom is 0.255 e. The van der Waals surface area contributed by atoms with Crippen LogP contribution in [-0.2, 0) is 4.74 Å². The average Bonchev–Trinajstić information content (AvgIpc) is 2.99. The van der Waals surface area contributed by atoms with E-state index in [4.69, 9.17) is 9.72 Å². The number of morpholine rings is 1. The molecule has 2 aromatic heterocycles. The summed E-state index contributed by atoms with van der Waals surface area (Å²) in [5.41, 5.74) is 9.07.